The number of fused-ring (bicyclic) bond motifs is 1. The molecule has 1 aliphatic carbocycles. The Morgan fingerprint density at radius 2 is 1.95 bits per heavy atom. The Morgan fingerprint density at radius 3 is 2.64 bits per heavy atom. The number of aromatic nitrogens is 4. The molecule has 1 saturated heterocycles. The maximum absolute atomic E-state index is 11.5. The molecule has 1 amide bonds. The molecule has 8 heteroatoms. The van der Waals surface area contributed by atoms with E-state index in [2.05, 4.69) is 24.4 Å². The molecule has 0 radical (unpaired) electrons. The number of piperazine rings is 1. The van der Waals surface area contributed by atoms with E-state index in [0.29, 0.717) is 32.2 Å². The van der Waals surface area contributed by atoms with Crippen molar-refractivity contribution in [3.8, 4) is 0 Å². The summed E-state index contributed by atoms with van der Waals surface area (Å²) in [6, 6.07) is 0.534. The number of amides is 1. The Balaban J connectivity index is 1.58. The van der Waals surface area contributed by atoms with Gasteiger partial charge in [0.25, 0.3) is 0 Å². The summed E-state index contributed by atoms with van der Waals surface area (Å²) < 4.78 is 2.13. The average Bonchev–Trinajstić information content (AvgIpc) is 3.32. The fourth-order valence-corrected chi connectivity index (χ4v) is 2.96. The minimum absolute atomic E-state index is 0.217. The van der Waals surface area contributed by atoms with E-state index in [1.807, 2.05) is 6.33 Å². The normalized spacial score (nSPS) is 19.0. The summed E-state index contributed by atoms with van der Waals surface area (Å²) in [6.07, 6.45) is 5.81. The van der Waals surface area contributed by atoms with E-state index >= 15 is 0 Å². The largest absolute Gasteiger partial charge is 0.387 e. The van der Waals surface area contributed by atoms with Crippen LogP contribution in [-0.4, -0.2) is 68.2 Å². The molecule has 4 rings (SSSR count). The van der Waals surface area contributed by atoms with Crippen molar-refractivity contribution >= 4 is 22.9 Å². The predicted molar refractivity (Wildman–Crippen MR) is 79.5 cm³/mol. The molecule has 3 heterocycles. The fourth-order valence-electron chi connectivity index (χ4n) is 2.96. The number of anilines is 1. The van der Waals surface area contributed by atoms with Gasteiger partial charge in [-0.05, 0) is 12.8 Å². The molecule has 2 aliphatic rings. The Hall–Kier alpha value is -2.22. The zero-order valence-corrected chi connectivity index (χ0v) is 12.2. The summed E-state index contributed by atoms with van der Waals surface area (Å²) in [4.78, 5) is 28.6. The molecule has 1 aliphatic heterocycles. The van der Waals surface area contributed by atoms with Crippen LogP contribution in [0.5, 0.6) is 0 Å². The summed E-state index contributed by atoms with van der Waals surface area (Å²) in [5.41, 5.74) is 1.72. The van der Waals surface area contributed by atoms with E-state index in [9.17, 15) is 4.79 Å². The smallest absolute Gasteiger partial charge is 0.248 e. The highest BCUT2D eigenvalue weighted by atomic mass is 16.3. The standard InChI is InChI=1S/C14H18N6O2/c21-7-11(22)18-3-5-19(6-4-18)13-12-14(16-8-15-13)20(9-17-12)10-1-2-10/h8-10,21H,1-7H2. The number of hydrogen-bond acceptors (Lipinski definition) is 6. The molecule has 0 unspecified atom stereocenters. The monoisotopic (exact) mass is 302 g/mol. The molecule has 0 aromatic carbocycles. The van der Waals surface area contributed by atoms with E-state index in [4.69, 9.17) is 5.11 Å². The number of nitrogens with zero attached hydrogens (tertiary/aromatic N) is 6. The Kier molecular flexibility index (Phi) is 3.18. The zero-order valence-electron chi connectivity index (χ0n) is 12.2. The van der Waals surface area contributed by atoms with Gasteiger partial charge in [0.1, 0.15) is 12.9 Å². The molecule has 2 aromatic rings. The first-order valence-corrected chi connectivity index (χ1v) is 7.59. The third-order valence-electron chi connectivity index (χ3n) is 4.35. The van der Waals surface area contributed by atoms with Crippen LogP contribution >= 0.6 is 0 Å². The van der Waals surface area contributed by atoms with Gasteiger partial charge in [0, 0.05) is 32.2 Å². The number of hydrogen-bond donors (Lipinski definition) is 1. The lowest BCUT2D eigenvalue weighted by Gasteiger charge is -2.35. The van der Waals surface area contributed by atoms with Gasteiger partial charge in [-0.2, -0.15) is 0 Å². The molecule has 116 valence electrons. The second-order valence-electron chi connectivity index (χ2n) is 5.78. The van der Waals surface area contributed by atoms with Gasteiger partial charge < -0.3 is 19.5 Å². The number of rotatable bonds is 3. The van der Waals surface area contributed by atoms with Gasteiger partial charge in [0.2, 0.25) is 5.91 Å². The van der Waals surface area contributed by atoms with Crippen LogP contribution < -0.4 is 4.90 Å². The second-order valence-corrected chi connectivity index (χ2v) is 5.78. The molecule has 2 fully saturated rings. The topological polar surface area (TPSA) is 87.4 Å². The van der Waals surface area contributed by atoms with Gasteiger partial charge in [0.05, 0.1) is 6.33 Å². The van der Waals surface area contributed by atoms with Crippen molar-refractivity contribution in [1.29, 1.82) is 0 Å². The quantitative estimate of drug-likeness (QED) is 0.845. The zero-order chi connectivity index (χ0) is 15.1. The van der Waals surface area contributed by atoms with E-state index in [0.717, 1.165) is 17.0 Å². The van der Waals surface area contributed by atoms with Gasteiger partial charge in [-0.3, -0.25) is 4.79 Å². The van der Waals surface area contributed by atoms with Crippen molar-refractivity contribution in [3.05, 3.63) is 12.7 Å². The van der Waals surface area contributed by atoms with Crippen molar-refractivity contribution in [1.82, 2.24) is 24.4 Å². The molecule has 1 saturated carbocycles. The maximum Gasteiger partial charge on any atom is 0.248 e. The highest BCUT2D eigenvalue weighted by molar-refractivity contribution is 5.84. The van der Waals surface area contributed by atoms with Crippen LogP contribution in [-0.2, 0) is 4.79 Å². The minimum Gasteiger partial charge on any atom is -0.387 e. The fraction of sp³-hybridized carbons (Fsp3) is 0.571. The highest BCUT2D eigenvalue weighted by Gasteiger charge is 2.28. The SMILES string of the molecule is O=C(CO)N1CCN(c2ncnc3c2ncn3C2CC2)CC1. The van der Waals surface area contributed by atoms with Crippen LogP contribution in [0.1, 0.15) is 18.9 Å². The molecule has 8 nitrogen and oxygen atoms in total. The number of carbonyl (C=O) groups is 1. The molecule has 0 bridgehead atoms. The van der Waals surface area contributed by atoms with Crippen LogP contribution in [0.15, 0.2) is 12.7 Å². The van der Waals surface area contributed by atoms with E-state index in [-0.39, 0.29) is 5.91 Å². The van der Waals surface area contributed by atoms with Gasteiger partial charge in [-0.15, -0.1) is 0 Å². The van der Waals surface area contributed by atoms with Crippen LogP contribution in [0.4, 0.5) is 5.82 Å². The average molecular weight is 302 g/mol. The van der Waals surface area contributed by atoms with Crippen LogP contribution in [0.25, 0.3) is 11.2 Å². The van der Waals surface area contributed by atoms with Gasteiger partial charge in [0.15, 0.2) is 17.0 Å². The van der Waals surface area contributed by atoms with Crippen LogP contribution in [0.3, 0.4) is 0 Å². The number of aliphatic hydroxyl groups is 1. The number of imidazole rings is 1. The molecule has 0 atom stereocenters. The van der Waals surface area contributed by atoms with Crippen molar-refractivity contribution < 1.29 is 9.90 Å². The van der Waals surface area contributed by atoms with Crippen molar-refractivity contribution in [2.75, 3.05) is 37.7 Å². The van der Waals surface area contributed by atoms with Crippen LogP contribution in [0, 0.1) is 0 Å². The maximum atomic E-state index is 11.5. The summed E-state index contributed by atoms with van der Waals surface area (Å²) in [7, 11) is 0. The number of aliphatic hydroxyl groups excluding tert-OH is 1. The Labute approximate surface area is 127 Å². The van der Waals surface area contributed by atoms with Crippen LogP contribution in [0.2, 0.25) is 0 Å². The lowest BCUT2D eigenvalue weighted by atomic mass is 10.3. The lowest BCUT2D eigenvalue weighted by molar-refractivity contribution is -0.134. The van der Waals surface area contributed by atoms with E-state index in [1.165, 1.54) is 12.8 Å². The van der Waals surface area contributed by atoms with Crippen molar-refractivity contribution in [2.45, 2.75) is 18.9 Å². The molecule has 2 aromatic heterocycles. The first-order valence-electron chi connectivity index (χ1n) is 7.59. The molecule has 0 spiro atoms. The summed E-state index contributed by atoms with van der Waals surface area (Å²) in [5, 5.41) is 8.93. The molecular formula is C14H18N6O2. The highest BCUT2D eigenvalue weighted by Crippen LogP contribution is 2.37. The third kappa shape index (κ3) is 2.19. The summed E-state index contributed by atoms with van der Waals surface area (Å²) in [6.45, 7) is 2.13. The third-order valence-corrected chi connectivity index (χ3v) is 4.35. The molecule has 22 heavy (non-hydrogen) atoms. The molecular weight excluding hydrogens is 284 g/mol. The second kappa shape index (κ2) is 5.20. The molecule has 1 N–H and O–H groups in total. The minimum atomic E-state index is -0.427. The Bertz CT molecular complexity index is 702. The van der Waals surface area contributed by atoms with E-state index < -0.39 is 6.61 Å². The first-order chi connectivity index (χ1) is 10.8. The van der Waals surface area contributed by atoms with Gasteiger partial charge >= 0.3 is 0 Å². The van der Waals surface area contributed by atoms with Gasteiger partial charge in [-0.25, -0.2) is 15.0 Å². The predicted octanol–water partition coefficient (Wildman–Crippen LogP) is -0.198. The van der Waals surface area contributed by atoms with Gasteiger partial charge in [-0.1, -0.05) is 0 Å². The summed E-state index contributed by atoms with van der Waals surface area (Å²) in [5.74, 6) is 0.617. The Morgan fingerprint density at radius 1 is 1.18 bits per heavy atom. The van der Waals surface area contributed by atoms with Crippen molar-refractivity contribution in [3.63, 3.8) is 0 Å². The number of carbonyl (C=O) groups excluding carboxylic acids is 1. The van der Waals surface area contributed by atoms with E-state index in [1.54, 1.807) is 11.2 Å². The van der Waals surface area contributed by atoms with Crippen molar-refractivity contribution in [2.24, 2.45) is 0 Å². The first kappa shape index (κ1) is 13.4. The summed E-state index contributed by atoms with van der Waals surface area (Å²) >= 11 is 0. The lowest BCUT2D eigenvalue weighted by Crippen LogP contribution is -2.49.